The molecular formula is C47H42O7. The molecular weight excluding hydrogens is 677 g/mol. The number of hydrogen-bond donors (Lipinski definition) is 0. The van der Waals surface area contributed by atoms with Crippen LogP contribution in [0.5, 0.6) is 11.5 Å². The summed E-state index contributed by atoms with van der Waals surface area (Å²) in [6.07, 6.45) is -1.01. The van der Waals surface area contributed by atoms with E-state index in [0.29, 0.717) is 33.4 Å². The SMILES string of the molecule is COC(=O)c1ccccc1-c1cc(C(C)(C)c2ccccc2)ccc1OC(=O)Oc1ccc(C(C)(C)c2ccccc2)cc1-c1ccccc1C(=O)OC. The molecule has 0 bridgehead atoms. The fourth-order valence-electron chi connectivity index (χ4n) is 6.69. The Labute approximate surface area is 316 Å². The van der Waals surface area contributed by atoms with Crippen molar-refractivity contribution in [1.82, 2.24) is 0 Å². The minimum Gasteiger partial charge on any atom is -0.465 e. The van der Waals surface area contributed by atoms with Crippen LogP contribution in [0.2, 0.25) is 0 Å². The lowest BCUT2D eigenvalue weighted by atomic mass is 9.77. The summed E-state index contributed by atoms with van der Waals surface area (Å²) in [4.78, 5) is 39.8. The quantitative estimate of drug-likeness (QED) is 0.103. The average molecular weight is 719 g/mol. The van der Waals surface area contributed by atoms with E-state index in [1.54, 1.807) is 48.5 Å². The van der Waals surface area contributed by atoms with E-state index >= 15 is 0 Å². The summed E-state index contributed by atoms with van der Waals surface area (Å²) in [6.45, 7) is 8.44. The summed E-state index contributed by atoms with van der Waals surface area (Å²) in [5.74, 6) is -0.692. The third kappa shape index (κ3) is 7.53. The topological polar surface area (TPSA) is 88.1 Å². The largest absolute Gasteiger partial charge is 0.519 e. The van der Waals surface area contributed by atoms with Crippen molar-refractivity contribution in [2.75, 3.05) is 14.2 Å². The lowest BCUT2D eigenvalue weighted by Crippen LogP contribution is -2.20. The first-order valence-corrected chi connectivity index (χ1v) is 17.6. The molecule has 0 heterocycles. The van der Waals surface area contributed by atoms with E-state index in [1.165, 1.54) is 14.2 Å². The molecule has 0 aliphatic rings. The van der Waals surface area contributed by atoms with Crippen molar-refractivity contribution < 1.29 is 33.3 Å². The van der Waals surface area contributed by atoms with Crippen LogP contribution in [-0.4, -0.2) is 32.3 Å². The summed E-state index contributed by atoms with van der Waals surface area (Å²) in [7, 11) is 2.65. The normalized spacial score (nSPS) is 11.4. The minimum atomic E-state index is -1.01. The van der Waals surface area contributed by atoms with Gasteiger partial charge >= 0.3 is 18.1 Å². The van der Waals surface area contributed by atoms with E-state index in [4.69, 9.17) is 18.9 Å². The molecule has 0 atom stereocenters. The number of carbonyl (C=O) groups is 3. The van der Waals surface area contributed by atoms with Gasteiger partial charge in [0, 0.05) is 22.0 Å². The number of hydrogen-bond acceptors (Lipinski definition) is 7. The van der Waals surface area contributed by atoms with E-state index in [1.807, 2.05) is 72.8 Å². The van der Waals surface area contributed by atoms with E-state index in [2.05, 4.69) is 52.0 Å². The Hall–Kier alpha value is -6.47. The lowest BCUT2D eigenvalue weighted by Gasteiger charge is -2.28. The Kier molecular flexibility index (Phi) is 10.8. The van der Waals surface area contributed by atoms with Crippen molar-refractivity contribution in [3.05, 3.63) is 179 Å². The maximum absolute atomic E-state index is 13.9. The summed E-state index contributed by atoms with van der Waals surface area (Å²) >= 11 is 0. The van der Waals surface area contributed by atoms with Crippen LogP contribution in [0.15, 0.2) is 146 Å². The first-order chi connectivity index (χ1) is 25.9. The molecule has 0 spiro atoms. The molecule has 0 aromatic heterocycles. The van der Waals surface area contributed by atoms with E-state index < -0.39 is 28.9 Å². The van der Waals surface area contributed by atoms with E-state index in [0.717, 1.165) is 22.3 Å². The van der Waals surface area contributed by atoms with Gasteiger partial charge in [0.05, 0.1) is 25.3 Å². The number of methoxy groups -OCH3 is 2. The Bertz CT molecular complexity index is 2140. The van der Waals surface area contributed by atoms with Gasteiger partial charge in [0.1, 0.15) is 11.5 Å². The summed E-state index contributed by atoms with van der Waals surface area (Å²) in [5.41, 5.74) is 5.85. The van der Waals surface area contributed by atoms with E-state index in [-0.39, 0.29) is 11.5 Å². The van der Waals surface area contributed by atoms with Crippen LogP contribution >= 0.6 is 0 Å². The predicted molar refractivity (Wildman–Crippen MR) is 210 cm³/mol. The maximum Gasteiger partial charge on any atom is 0.519 e. The molecule has 6 aromatic rings. The third-order valence-corrected chi connectivity index (χ3v) is 10.0. The van der Waals surface area contributed by atoms with Crippen molar-refractivity contribution in [3.63, 3.8) is 0 Å². The van der Waals surface area contributed by atoms with Gasteiger partial charge < -0.3 is 18.9 Å². The van der Waals surface area contributed by atoms with Crippen LogP contribution in [0.1, 0.15) is 70.7 Å². The molecule has 0 fully saturated rings. The second-order valence-corrected chi connectivity index (χ2v) is 13.9. The molecule has 0 aliphatic heterocycles. The highest BCUT2D eigenvalue weighted by Gasteiger charge is 2.29. The molecule has 0 N–H and O–H groups in total. The molecule has 0 unspecified atom stereocenters. The summed E-state index contributed by atoms with van der Waals surface area (Å²) in [6, 6.07) is 45.3. The molecule has 0 amide bonds. The second-order valence-electron chi connectivity index (χ2n) is 13.9. The van der Waals surface area contributed by atoms with Crippen LogP contribution in [0.25, 0.3) is 22.3 Å². The Morgan fingerprint density at radius 1 is 0.407 bits per heavy atom. The van der Waals surface area contributed by atoms with Gasteiger partial charge in [0.15, 0.2) is 0 Å². The van der Waals surface area contributed by atoms with Gasteiger partial charge in [-0.25, -0.2) is 14.4 Å². The fraction of sp³-hybridized carbons (Fsp3) is 0.170. The molecule has 7 nitrogen and oxygen atoms in total. The molecule has 6 aromatic carbocycles. The summed E-state index contributed by atoms with van der Waals surface area (Å²) in [5, 5.41) is 0. The average Bonchev–Trinajstić information content (AvgIpc) is 3.21. The van der Waals surface area contributed by atoms with Gasteiger partial charge in [0.2, 0.25) is 0 Å². The third-order valence-electron chi connectivity index (χ3n) is 10.0. The van der Waals surface area contributed by atoms with Crippen LogP contribution < -0.4 is 9.47 Å². The molecule has 0 saturated carbocycles. The molecule has 0 saturated heterocycles. The van der Waals surface area contributed by atoms with Gasteiger partial charge in [-0.3, -0.25) is 0 Å². The van der Waals surface area contributed by atoms with Crippen LogP contribution in [0.4, 0.5) is 4.79 Å². The zero-order chi connectivity index (χ0) is 38.5. The van der Waals surface area contributed by atoms with Crippen LogP contribution in [-0.2, 0) is 20.3 Å². The number of rotatable bonds is 10. The zero-order valence-corrected chi connectivity index (χ0v) is 31.2. The minimum absolute atomic E-state index is 0.183. The van der Waals surface area contributed by atoms with Crippen molar-refractivity contribution in [2.24, 2.45) is 0 Å². The van der Waals surface area contributed by atoms with Gasteiger partial charge in [-0.1, -0.05) is 137 Å². The van der Waals surface area contributed by atoms with Crippen molar-refractivity contribution in [3.8, 4) is 33.8 Å². The Morgan fingerprint density at radius 2 is 0.759 bits per heavy atom. The van der Waals surface area contributed by atoms with Crippen LogP contribution in [0.3, 0.4) is 0 Å². The first-order valence-electron chi connectivity index (χ1n) is 17.6. The molecule has 272 valence electrons. The highest BCUT2D eigenvalue weighted by atomic mass is 16.7. The van der Waals surface area contributed by atoms with Crippen molar-refractivity contribution in [1.29, 1.82) is 0 Å². The Balaban J connectivity index is 1.44. The first kappa shape index (κ1) is 37.3. The van der Waals surface area contributed by atoms with Crippen molar-refractivity contribution >= 4 is 18.1 Å². The number of carbonyl (C=O) groups excluding carboxylic acids is 3. The summed E-state index contributed by atoms with van der Waals surface area (Å²) < 4.78 is 22.2. The Morgan fingerprint density at radius 3 is 1.13 bits per heavy atom. The van der Waals surface area contributed by atoms with E-state index in [9.17, 15) is 14.4 Å². The molecule has 0 aliphatic carbocycles. The highest BCUT2D eigenvalue weighted by Crippen LogP contribution is 2.42. The monoisotopic (exact) mass is 718 g/mol. The number of ether oxygens (including phenoxy) is 4. The zero-order valence-electron chi connectivity index (χ0n) is 31.2. The molecule has 7 heteroatoms. The fourth-order valence-corrected chi connectivity index (χ4v) is 6.69. The van der Waals surface area contributed by atoms with Crippen LogP contribution in [0, 0.1) is 0 Å². The lowest BCUT2D eigenvalue weighted by molar-refractivity contribution is 0.0592. The predicted octanol–water partition coefficient (Wildman–Crippen LogP) is 10.8. The molecule has 54 heavy (non-hydrogen) atoms. The number of esters is 2. The maximum atomic E-state index is 13.9. The van der Waals surface area contributed by atoms with Gasteiger partial charge in [-0.15, -0.1) is 0 Å². The standard InChI is InChI=1S/C47H42O7/c1-46(2,31-17-9-7-10-18-31)33-25-27-41(39(29-33)35-21-13-15-23-37(35)43(48)51-5)53-45(50)54-42-28-26-34(47(3,4)32-19-11-8-12-20-32)30-40(42)36-22-14-16-24-38(36)44(49)52-6/h7-30H,1-6H3. The van der Waals surface area contributed by atoms with Gasteiger partial charge in [-0.05, 0) is 69.8 Å². The highest BCUT2D eigenvalue weighted by molar-refractivity contribution is 5.99. The molecule has 0 radical (unpaired) electrons. The second kappa shape index (κ2) is 15.6. The number of benzene rings is 6. The molecule has 6 rings (SSSR count). The van der Waals surface area contributed by atoms with Gasteiger partial charge in [-0.2, -0.15) is 0 Å². The van der Waals surface area contributed by atoms with Crippen molar-refractivity contribution in [2.45, 2.75) is 38.5 Å². The smallest absolute Gasteiger partial charge is 0.465 e. The van der Waals surface area contributed by atoms with Gasteiger partial charge in [0.25, 0.3) is 0 Å².